The van der Waals surface area contributed by atoms with Crippen molar-refractivity contribution in [3.8, 4) is 0 Å². The van der Waals surface area contributed by atoms with Crippen molar-refractivity contribution in [3.05, 3.63) is 29.8 Å². The maximum Gasteiger partial charge on any atom is 0.412 e. The van der Waals surface area contributed by atoms with Crippen LogP contribution in [0.25, 0.3) is 0 Å². The summed E-state index contributed by atoms with van der Waals surface area (Å²) in [6.07, 6.45) is 1.05. The first-order valence-corrected chi connectivity index (χ1v) is 12.4. The number of carbonyl (C=O) groups is 1. The molecule has 0 bridgehead atoms. The zero-order valence-corrected chi connectivity index (χ0v) is 20.8. The Kier molecular flexibility index (Phi) is 8.72. The van der Waals surface area contributed by atoms with Gasteiger partial charge in [-0.05, 0) is 78.9 Å². The largest absolute Gasteiger partial charge is 0.444 e. The second kappa shape index (κ2) is 10.5. The van der Waals surface area contributed by atoms with Gasteiger partial charge in [-0.3, -0.25) is 9.08 Å². The number of carbonyl (C=O) groups excluding carboxylic acids is 1. The number of aliphatic hydroxyl groups is 1. The van der Waals surface area contributed by atoms with Gasteiger partial charge in [-0.25, -0.2) is 4.79 Å². The first-order chi connectivity index (χ1) is 14.7. The Hall–Kier alpha value is -1.68. The molecule has 1 heterocycles. The number of ether oxygens (including phenoxy) is 2. The van der Waals surface area contributed by atoms with E-state index in [1.54, 1.807) is 51.7 Å². The molecular weight excluding hydrogens is 434 g/mol. The molecule has 1 N–H and O–H groups in total. The lowest BCUT2D eigenvalue weighted by atomic mass is 9.95. The third-order valence-corrected chi connectivity index (χ3v) is 6.60. The first kappa shape index (κ1) is 26.6. The molecule has 32 heavy (non-hydrogen) atoms. The van der Waals surface area contributed by atoms with Gasteiger partial charge in [0.2, 0.25) is 0 Å². The molecule has 1 aliphatic rings. The third kappa shape index (κ3) is 7.43. The quantitative estimate of drug-likeness (QED) is 0.546. The van der Waals surface area contributed by atoms with E-state index >= 15 is 0 Å². The average Bonchev–Trinajstić information content (AvgIpc) is 2.97. The minimum Gasteiger partial charge on any atom is -0.444 e. The van der Waals surface area contributed by atoms with Crippen LogP contribution in [0.2, 0.25) is 0 Å². The number of amides is 1. The third-order valence-electron chi connectivity index (χ3n) is 5.31. The summed E-state index contributed by atoms with van der Waals surface area (Å²) >= 11 is 0. The molecule has 0 aromatic heterocycles. The fourth-order valence-corrected chi connectivity index (χ4v) is 4.71. The van der Waals surface area contributed by atoms with E-state index in [2.05, 4.69) is 0 Å². The Bertz CT molecular complexity index is 859. The molecule has 2 atom stereocenters. The molecule has 8 nitrogen and oxygen atoms in total. The van der Waals surface area contributed by atoms with Crippen LogP contribution >= 0.6 is 0 Å². The highest BCUT2D eigenvalue weighted by Gasteiger charge is 2.46. The summed E-state index contributed by atoms with van der Waals surface area (Å²) in [4.78, 5) is 14.6. The van der Waals surface area contributed by atoms with E-state index in [9.17, 15) is 18.3 Å². The molecule has 1 saturated heterocycles. The monoisotopic (exact) mass is 471 g/mol. The van der Waals surface area contributed by atoms with Crippen LogP contribution in [0.15, 0.2) is 29.2 Å². The second-order valence-electron chi connectivity index (χ2n) is 9.78. The van der Waals surface area contributed by atoms with Crippen molar-refractivity contribution in [1.29, 1.82) is 0 Å². The number of hydrogen-bond donors (Lipinski definition) is 1. The van der Waals surface area contributed by atoms with Crippen molar-refractivity contribution in [2.75, 3.05) is 19.8 Å². The number of aliphatic hydroxyl groups excluding tert-OH is 1. The number of rotatable bonds is 9. The molecule has 1 aromatic rings. The van der Waals surface area contributed by atoms with Gasteiger partial charge in [0.1, 0.15) is 11.3 Å². The lowest BCUT2D eigenvalue weighted by Gasteiger charge is -2.36. The van der Waals surface area contributed by atoms with Crippen LogP contribution in [0, 0.1) is 12.8 Å². The van der Waals surface area contributed by atoms with Crippen molar-refractivity contribution in [2.45, 2.75) is 83.1 Å². The summed E-state index contributed by atoms with van der Waals surface area (Å²) in [5.41, 5.74) is -0.540. The summed E-state index contributed by atoms with van der Waals surface area (Å²) in [7, 11) is -3.91. The minimum absolute atomic E-state index is 0.0103. The van der Waals surface area contributed by atoms with Gasteiger partial charge < -0.3 is 14.6 Å². The number of nitrogens with zero attached hydrogens (tertiary/aromatic N) is 1. The molecule has 2 unspecified atom stereocenters. The van der Waals surface area contributed by atoms with Gasteiger partial charge in [-0.15, -0.1) is 0 Å². The van der Waals surface area contributed by atoms with Crippen molar-refractivity contribution in [3.63, 3.8) is 0 Å². The van der Waals surface area contributed by atoms with E-state index in [4.69, 9.17) is 13.7 Å². The van der Waals surface area contributed by atoms with Crippen LogP contribution in [-0.4, -0.2) is 61.7 Å². The summed E-state index contributed by atoms with van der Waals surface area (Å²) < 4.78 is 42.0. The van der Waals surface area contributed by atoms with Crippen LogP contribution < -0.4 is 0 Å². The van der Waals surface area contributed by atoms with E-state index in [0.717, 1.165) is 5.56 Å². The van der Waals surface area contributed by atoms with Crippen molar-refractivity contribution >= 4 is 16.2 Å². The van der Waals surface area contributed by atoms with Crippen LogP contribution in [0.5, 0.6) is 0 Å². The maximum atomic E-state index is 12.9. The van der Waals surface area contributed by atoms with Gasteiger partial charge in [0, 0.05) is 6.61 Å². The summed E-state index contributed by atoms with van der Waals surface area (Å²) in [5.74, 6) is -0.199. The van der Waals surface area contributed by atoms with Gasteiger partial charge in [0.25, 0.3) is 10.1 Å². The van der Waals surface area contributed by atoms with Gasteiger partial charge in [-0.2, -0.15) is 8.42 Å². The Balaban J connectivity index is 2.12. The molecule has 0 aliphatic carbocycles. The van der Waals surface area contributed by atoms with Gasteiger partial charge in [-0.1, -0.05) is 17.7 Å². The lowest BCUT2D eigenvalue weighted by Crippen LogP contribution is -2.50. The Morgan fingerprint density at radius 1 is 1.28 bits per heavy atom. The fraction of sp³-hybridized carbons (Fsp3) is 0.696. The van der Waals surface area contributed by atoms with E-state index in [-0.39, 0.29) is 30.1 Å². The lowest BCUT2D eigenvalue weighted by molar-refractivity contribution is -0.0633. The zero-order valence-electron chi connectivity index (χ0n) is 20.0. The van der Waals surface area contributed by atoms with Crippen LogP contribution in [-0.2, 0) is 23.8 Å². The molecular formula is C23H37NO7S. The van der Waals surface area contributed by atoms with E-state index < -0.39 is 27.5 Å². The SMILES string of the molecule is Cc1ccc(S(=O)(=O)OCC(CCCO)CC2COC(C)(C)N2C(=O)OC(C)(C)C)cc1. The molecule has 1 fully saturated rings. The predicted octanol–water partition coefficient (Wildman–Crippen LogP) is 3.85. The van der Waals surface area contributed by atoms with E-state index in [1.165, 1.54) is 12.1 Å². The van der Waals surface area contributed by atoms with Crippen molar-refractivity contribution in [2.24, 2.45) is 5.92 Å². The molecule has 0 radical (unpaired) electrons. The highest BCUT2D eigenvalue weighted by molar-refractivity contribution is 7.86. The molecule has 0 saturated carbocycles. The summed E-state index contributed by atoms with van der Waals surface area (Å²) in [6, 6.07) is 6.18. The van der Waals surface area contributed by atoms with E-state index in [1.807, 2.05) is 6.92 Å². The second-order valence-corrected chi connectivity index (χ2v) is 11.4. The summed E-state index contributed by atoms with van der Waals surface area (Å²) in [6.45, 7) is 11.2. The van der Waals surface area contributed by atoms with Gasteiger partial charge >= 0.3 is 6.09 Å². The first-order valence-electron chi connectivity index (χ1n) is 11.0. The Morgan fingerprint density at radius 3 is 2.47 bits per heavy atom. The normalized spacial score (nSPS) is 19.7. The number of aryl methyl sites for hydroxylation is 1. The Morgan fingerprint density at radius 2 is 1.91 bits per heavy atom. The van der Waals surface area contributed by atoms with Gasteiger partial charge in [0.05, 0.1) is 24.2 Å². The molecule has 1 aliphatic heterocycles. The summed E-state index contributed by atoms with van der Waals surface area (Å²) in [5, 5.41) is 9.29. The van der Waals surface area contributed by atoms with Crippen LogP contribution in [0.3, 0.4) is 0 Å². The smallest absolute Gasteiger partial charge is 0.412 e. The standard InChI is InChI=1S/C23H37NO7S/c1-17-9-11-20(12-10-17)32(27,28)30-15-18(8-7-13-25)14-19-16-29-23(5,6)24(19)21(26)31-22(2,3)4/h9-12,18-19,25H,7-8,13-16H2,1-6H3. The molecule has 182 valence electrons. The molecule has 9 heteroatoms. The van der Waals surface area contributed by atoms with Crippen molar-refractivity contribution < 1.29 is 32.0 Å². The molecule has 1 amide bonds. The highest BCUT2D eigenvalue weighted by Crippen LogP contribution is 2.33. The number of hydrogen-bond acceptors (Lipinski definition) is 7. The van der Waals surface area contributed by atoms with Gasteiger partial charge in [0.15, 0.2) is 0 Å². The zero-order chi connectivity index (χ0) is 24.2. The van der Waals surface area contributed by atoms with Crippen LogP contribution in [0.4, 0.5) is 4.79 Å². The fourth-order valence-electron chi connectivity index (χ4n) is 3.73. The molecule has 1 aromatic carbocycles. The average molecular weight is 472 g/mol. The highest BCUT2D eigenvalue weighted by atomic mass is 32.2. The Labute approximate surface area is 192 Å². The predicted molar refractivity (Wildman–Crippen MR) is 121 cm³/mol. The maximum absolute atomic E-state index is 12.9. The molecule has 2 rings (SSSR count). The van der Waals surface area contributed by atoms with Crippen LogP contribution in [0.1, 0.15) is 59.4 Å². The van der Waals surface area contributed by atoms with Crippen molar-refractivity contribution in [1.82, 2.24) is 4.90 Å². The molecule has 0 spiro atoms. The minimum atomic E-state index is -3.91. The van der Waals surface area contributed by atoms with E-state index in [0.29, 0.717) is 25.9 Å². The number of benzene rings is 1. The topological polar surface area (TPSA) is 102 Å².